The van der Waals surface area contributed by atoms with Crippen LogP contribution in [-0.4, -0.2) is 35.4 Å². The molecule has 7 heteroatoms. The minimum Gasteiger partial charge on any atom is -0.473 e. The van der Waals surface area contributed by atoms with Crippen LogP contribution in [0.5, 0.6) is 0 Å². The van der Waals surface area contributed by atoms with E-state index in [1.807, 2.05) is 60.7 Å². The van der Waals surface area contributed by atoms with Crippen LogP contribution in [0.3, 0.4) is 0 Å². The monoisotopic (exact) mass is 396 g/mol. The zero-order valence-electron chi connectivity index (χ0n) is 15.2. The minimum atomic E-state index is -0.480. The lowest BCUT2D eigenvalue weighted by Crippen LogP contribution is -2.48. The van der Waals surface area contributed by atoms with Gasteiger partial charge < -0.3 is 9.47 Å². The third kappa shape index (κ3) is 4.48. The molecule has 2 aromatic rings. The zero-order valence-corrected chi connectivity index (χ0v) is 16.0. The van der Waals surface area contributed by atoms with Crippen LogP contribution in [0.15, 0.2) is 71.3 Å². The molecular weight excluding hydrogens is 376 g/mol. The van der Waals surface area contributed by atoms with E-state index in [0.717, 1.165) is 22.0 Å². The Kier molecular flexibility index (Phi) is 5.53. The minimum absolute atomic E-state index is 0.0456. The van der Waals surface area contributed by atoms with Gasteiger partial charge in [-0.05, 0) is 35.9 Å². The Bertz CT molecular complexity index is 883. The van der Waals surface area contributed by atoms with Crippen LogP contribution in [0.1, 0.15) is 12.0 Å². The number of β-lactam (4-membered cyclic amide) rings is 1. The summed E-state index contributed by atoms with van der Waals surface area (Å²) in [4.78, 5) is 26.1. The second-order valence-electron chi connectivity index (χ2n) is 6.49. The van der Waals surface area contributed by atoms with Gasteiger partial charge in [0.2, 0.25) is 5.91 Å². The Balaban J connectivity index is 1.20. The van der Waals surface area contributed by atoms with Crippen LogP contribution in [-0.2, 0) is 20.9 Å². The van der Waals surface area contributed by atoms with E-state index in [1.165, 1.54) is 0 Å². The lowest BCUT2D eigenvalue weighted by Gasteiger charge is -2.30. The number of nitrogens with one attached hydrogen (secondary N) is 1. The van der Waals surface area contributed by atoms with Gasteiger partial charge in [-0.15, -0.1) is 11.8 Å². The molecule has 2 amide bonds. The summed E-state index contributed by atoms with van der Waals surface area (Å²) in [6.45, 7) is 0.819. The fourth-order valence-corrected chi connectivity index (χ4v) is 3.75. The van der Waals surface area contributed by atoms with E-state index >= 15 is 0 Å². The number of nitrogens with zero attached hydrogens (tertiary/aromatic N) is 1. The summed E-state index contributed by atoms with van der Waals surface area (Å²) >= 11 is 1.66. The smallest absolute Gasteiger partial charge is 0.411 e. The van der Waals surface area contributed by atoms with Crippen molar-refractivity contribution in [3.63, 3.8) is 0 Å². The molecule has 0 aromatic heterocycles. The molecule has 6 nitrogen and oxygen atoms in total. The van der Waals surface area contributed by atoms with Crippen molar-refractivity contribution in [2.45, 2.75) is 24.2 Å². The van der Waals surface area contributed by atoms with Crippen molar-refractivity contribution >= 4 is 29.4 Å². The van der Waals surface area contributed by atoms with Gasteiger partial charge in [-0.2, -0.15) is 0 Å². The molecule has 4 rings (SSSR count). The number of anilines is 1. The van der Waals surface area contributed by atoms with Crippen molar-refractivity contribution in [1.29, 1.82) is 0 Å². The van der Waals surface area contributed by atoms with Gasteiger partial charge in [-0.1, -0.05) is 30.3 Å². The van der Waals surface area contributed by atoms with E-state index in [1.54, 1.807) is 16.7 Å². The number of carbonyl (C=O) groups excluding carboxylic acids is 2. The SMILES string of the molecule is O=C(Nc1ccc(SCC=C2CN3C(=O)C[C@H]3O2)cc1)OCc1ccccc1. The first-order valence-electron chi connectivity index (χ1n) is 9.03. The number of amides is 2. The summed E-state index contributed by atoms with van der Waals surface area (Å²) in [5.41, 5.74) is 1.63. The molecule has 2 saturated heterocycles. The molecule has 2 aromatic carbocycles. The number of benzene rings is 2. The predicted molar refractivity (Wildman–Crippen MR) is 107 cm³/mol. The highest BCUT2D eigenvalue weighted by molar-refractivity contribution is 7.99. The zero-order chi connectivity index (χ0) is 19.3. The highest BCUT2D eigenvalue weighted by atomic mass is 32.2. The fourth-order valence-electron chi connectivity index (χ4n) is 2.96. The van der Waals surface area contributed by atoms with E-state index in [-0.39, 0.29) is 18.7 Å². The Morgan fingerprint density at radius 2 is 2.00 bits per heavy atom. The van der Waals surface area contributed by atoms with Gasteiger partial charge in [0.1, 0.15) is 12.4 Å². The molecule has 2 heterocycles. The average molecular weight is 396 g/mol. The number of carbonyl (C=O) groups is 2. The first kappa shape index (κ1) is 18.4. The number of hydrogen-bond acceptors (Lipinski definition) is 5. The molecule has 0 saturated carbocycles. The van der Waals surface area contributed by atoms with E-state index in [0.29, 0.717) is 18.7 Å². The maximum Gasteiger partial charge on any atom is 0.411 e. The van der Waals surface area contributed by atoms with Gasteiger partial charge in [0, 0.05) is 16.3 Å². The molecule has 0 bridgehead atoms. The van der Waals surface area contributed by atoms with Crippen LogP contribution in [0, 0.1) is 0 Å². The molecule has 0 spiro atoms. The summed E-state index contributed by atoms with van der Waals surface area (Å²) < 4.78 is 10.9. The van der Waals surface area contributed by atoms with E-state index in [9.17, 15) is 9.59 Å². The Hall–Kier alpha value is -2.93. The van der Waals surface area contributed by atoms with Gasteiger partial charge in [0.15, 0.2) is 6.23 Å². The Morgan fingerprint density at radius 3 is 2.71 bits per heavy atom. The topological polar surface area (TPSA) is 67.9 Å². The van der Waals surface area contributed by atoms with E-state index < -0.39 is 6.09 Å². The number of hydrogen-bond donors (Lipinski definition) is 1. The second-order valence-corrected chi connectivity index (χ2v) is 7.58. The third-order valence-electron chi connectivity index (χ3n) is 4.51. The number of rotatable bonds is 6. The second kappa shape index (κ2) is 8.39. The van der Waals surface area contributed by atoms with Gasteiger partial charge in [0.05, 0.1) is 13.0 Å². The van der Waals surface area contributed by atoms with Gasteiger partial charge in [0.25, 0.3) is 0 Å². The van der Waals surface area contributed by atoms with Gasteiger partial charge in [-0.25, -0.2) is 4.79 Å². The van der Waals surface area contributed by atoms with Crippen molar-refractivity contribution in [2.24, 2.45) is 0 Å². The lowest BCUT2D eigenvalue weighted by molar-refractivity contribution is -0.154. The van der Waals surface area contributed by atoms with Crippen LogP contribution >= 0.6 is 11.8 Å². The summed E-state index contributed by atoms with van der Waals surface area (Å²) in [6.07, 6.45) is 1.98. The molecule has 2 fully saturated rings. The molecule has 1 atom stereocenters. The molecule has 28 heavy (non-hydrogen) atoms. The highest BCUT2D eigenvalue weighted by Gasteiger charge is 2.43. The maximum absolute atomic E-state index is 11.9. The predicted octanol–water partition coefficient (Wildman–Crippen LogP) is 4.00. The summed E-state index contributed by atoms with van der Waals surface area (Å²) in [7, 11) is 0. The van der Waals surface area contributed by atoms with Crippen molar-refractivity contribution < 1.29 is 19.1 Å². The summed E-state index contributed by atoms with van der Waals surface area (Å²) in [5.74, 6) is 1.78. The molecule has 0 aliphatic carbocycles. The highest BCUT2D eigenvalue weighted by Crippen LogP contribution is 2.31. The third-order valence-corrected chi connectivity index (χ3v) is 5.44. The van der Waals surface area contributed by atoms with Gasteiger partial charge >= 0.3 is 6.09 Å². The van der Waals surface area contributed by atoms with Gasteiger partial charge in [-0.3, -0.25) is 15.0 Å². The molecular formula is C21H20N2O4S. The lowest BCUT2D eigenvalue weighted by atomic mass is 10.2. The first-order chi connectivity index (χ1) is 13.7. The standard InChI is InChI=1S/C21H20N2O4S/c24-19-12-20-23(19)13-17(27-20)10-11-28-18-8-6-16(7-9-18)22-21(25)26-14-15-4-2-1-3-5-15/h1-10,20H,11-14H2,(H,22,25)/t20-/m1/s1. The molecule has 0 radical (unpaired) electrons. The van der Waals surface area contributed by atoms with Crippen molar-refractivity contribution in [2.75, 3.05) is 17.6 Å². The molecule has 0 unspecified atom stereocenters. The Morgan fingerprint density at radius 1 is 1.21 bits per heavy atom. The number of thioether (sulfide) groups is 1. The molecule has 2 aliphatic heterocycles. The molecule has 2 aliphatic rings. The van der Waals surface area contributed by atoms with Crippen molar-refractivity contribution in [1.82, 2.24) is 4.90 Å². The quantitative estimate of drug-likeness (QED) is 0.590. The maximum atomic E-state index is 11.9. The molecule has 144 valence electrons. The fraction of sp³-hybridized carbons (Fsp3) is 0.238. The number of ether oxygens (including phenoxy) is 2. The Labute approximate surface area is 167 Å². The van der Waals surface area contributed by atoms with E-state index in [4.69, 9.17) is 9.47 Å². The van der Waals surface area contributed by atoms with Crippen LogP contribution in [0.25, 0.3) is 0 Å². The van der Waals surface area contributed by atoms with Crippen molar-refractivity contribution in [3.8, 4) is 0 Å². The molecule has 1 N–H and O–H groups in total. The van der Waals surface area contributed by atoms with E-state index in [2.05, 4.69) is 5.32 Å². The average Bonchev–Trinajstić information content (AvgIpc) is 3.05. The largest absolute Gasteiger partial charge is 0.473 e. The summed E-state index contributed by atoms with van der Waals surface area (Å²) in [6, 6.07) is 17.1. The van der Waals surface area contributed by atoms with Crippen molar-refractivity contribution in [3.05, 3.63) is 72.0 Å². The van der Waals surface area contributed by atoms with Crippen LogP contribution in [0.4, 0.5) is 10.5 Å². The normalized spacial score (nSPS) is 19.0. The summed E-state index contributed by atoms with van der Waals surface area (Å²) in [5, 5.41) is 2.72. The van der Waals surface area contributed by atoms with Crippen LogP contribution < -0.4 is 5.32 Å². The first-order valence-corrected chi connectivity index (χ1v) is 10.0. The van der Waals surface area contributed by atoms with Crippen LogP contribution in [0.2, 0.25) is 0 Å². The number of fused-ring (bicyclic) bond motifs is 1.